The predicted octanol–water partition coefficient (Wildman–Crippen LogP) is 3.13. The van der Waals surface area contributed by atoms with E-state index in [-0.39, 0.29) is 29.9 Å². The molecule has 2 amide bonds. The molecule has 0 radical (unpaired) electrons. The number of pyridine rings is 1. The summed E-state index contributed by atoms with van der Waals surface area (Å²) in [5, 5.41) is 11.7. The van der Waals surface area contributed by atoms with Gasteiger partial charge in [0.15, 0.2) is 5.82 Å². The van der Waals surface area contributed by atoms with E-state index in [9.17, 15) is 4.79 Å². The van der Waals surface area contributed by atoms with E-state index in [1.165, 1.54) is 6.42 Å². The quantitative estimate of drug-likeness (QED) is 0.496. The molecule has 3 saturated heterocycles. The first-order valence-corrected chi connectivity index (χ1v) is 13.9. The second kappa shape index (κ2) is 10.2. The first-order valence-electron chi connectivity index (χ1n) is 13.9. The number of hydrogen-bond acceptors (Lipinski definition) is 8. The van der Waals surface area contributed by atoms with Crippen molar-refractivity contribution < 1.29 is 14.3 Å². The van der Waals surface area contributed by atoms with Gasteiger partial charge < -0.3 is 30.3 Å². The van der Waals surface area contributed by atoms with Crippen molar-refractivity contribution >= 4 is 34.7 Å². The average Bonchev–Trinajstić information content (AvgIpc) is 3.58. The van der Waals surface area contributed by atoms with E-state index in [4.69, 9.17) is 15.2 Å². The van der Waals surface area contributed by atoms with Gasteiger partial charge in [0, 0.05) is 38.5 Å². The number of anilines is 1. The number of urea groups is 1. The summed E-state index contributed by atoms with van der Waals surface area (Å²) in [4.78, 5) is 26.9. The molecule has 11 nitrogen and oxygen atoms in total. The molecule has 6 rings (SSSR count). The number of aliphatic imine (C=N–C) groups is 1. The van der Waals surface area contributed by atoms with E-state index in [1.54, 1.807) is 19.5 Å². The zero-order valence-electron chi connectivity index (χ0n) is 22.3. The zero-order valence-corrected chi connectivity index (χ0v) is 22.3. The number of aromatic amines is 1. The van der Waals surface area contributed by atoms with Crippen LogP contribution in [-0.4, -0.2) is 83.0 Å². The Morgan fingerprint density at radius 2 is 2.18 bits per heavy atom. The molecule has 3 aliphatic heterocycles. The monoisotopic (exact) mass is 522 g/mol. The summed E-state index contributed by atoms with van der Waals surface area (Å²) < 4.78 is 11.3. The Kier molecular flexibility index (Phi) is 6.73. The number of fused-ring (bicyclic) bond motifs is 1. The number of H-pyrrole nitrogens is 1. The highest BCUT2D eigenvalue weighted by molar-refractivity contribution is 5.97. The van der Waals surface area contributed by atoms with Crippen LogP contribution in [0, 0.1) is 0 Å². The molecule has 4 aliphatic rings. The number of amides is 2. The number of allylic oxidation sites excluding steroid dienone is 1. The molecule has 2 aromatic heterocycles. The van der Waals surface area contributed by atoms with Crippen molar-refractivity contribution in [1.82, 2.24) is 25.4 Å². The van der Waals surface area contributed by atoms with Crippen molar-refractivity contribution in [3.8, 4) is 0 Å². The Bertz CT molecular complexity index is 1250. The van der Waals surface area contributed by atoms with Crippen molar-refractivity contribution in [2.24, 2.45) is 10.7 Å². The molecule has 38 heavy (non-hydrogen) atoms. The zero-order chi connectivity index (χ0) is 26.3. The summed E-state index contributed by atoms with van der Waals surface area (Å²) >= 11 is 0. The molecule has 0 bridgehead atoms. The minimum atomic E-state index is -0.228. The van der Waals surface area contributed by atoms with Gasteiger partial charge in [0.05, 0.1) is 46.4 Å². The molecule has 11 heteroatoms. The van der Waals surface area contributed by atoms with Crippen LogP contribution in [0.15, 0.2) is 23.0 Å². The van der Waals surface area contributed by atoms with Crippen LogP contribution >= 0.6 is 0 Å². The molecule has 1 aliphatic carbocycles. The molecular formula is C27H38N8O3. The highest BCUT2D eigenvalue weighted by Gasteiger charge is 2.51. The van der Waals surface area contributed by atoms with Gasteiger partial charge >= 0.3 is 6.03 Å². The molecule has 1 spiro atoms. The second-order valence-corrected chi connectivity index (χ2v) is 11.0. The third-order valence-corrected chi connectivity index (χ3v) is 8.66. The number of likely N-dealkylation sites (tertiary alicyclic amines) is 1. The van der Waals surface area contributed by atoms with Gasteiger partial charge in [0.2, 0.25) is 0 Å². The van der Waals surface area contributed by atoms with Gasteiger partial charge in [-0.3, -0.25) is 15.1 Å². The average molecular weight is 523 g/mol. The summed E-state index contributed by atoms with van der Waals surface area (Å²) in [7, 11) is 1.74. The number of hydrogen-bond donors (Lipinski definition) is 3. The van der Waals surface area contributed by atoms with Crippen molar-refractivity contribution in [2.45, 2.75) is 82.2 Å². The number of carbonyl (C=O) groups is 1. The van der Waals surface area contributed by atoms with E-state index in [2.05, 4.69) is 37.3 Å². The number of nitrogens with one attached hydrogen (secondary N) is 2. The van der Waals surface area contributed by atoms with Crippen molar-refractivity contribution in [3.63, 3.8) is 0 Å². The Hall–Kier alpha value is -3.18. The van der Waals surface area contributed by atoms with E-state index < -0.39 is 0 Å². The fourth-order valence-corrected chi connectivity index (χ4v) is 5.96. The molecule has 4 N–H and O–H groups in total. The molecule has 3 unspecified atom stereocenters. The van der Waals surface area contributed by atoms with Gasteiger partial charge in [-0.25, -0.2) is 4.79 Å². The van der Waals surface area contributed by atoms with Crippen LogP contribution in [0.3, 0.4) is 0 Å². The van der Waals surface area contributed by atoms with Gasteiger partial charge in [-0.15, -0.1) is 0 Å². The summed E-state index contributed by atoms with van der Waals surface area (Å²) in [6.07, 6.45) is 11.8. The van der Waals surface area contributed by atoms with Crippen molar-refractivity contribution in [3.05, 3.63) is 23.7 Å². The minimum absolute atomic E-state index is 0.0190. The Morgan fingerprint density at radius 3 is 2.92 bits per heavy atom. The molecular weight excluding hydrogens is 484 g/mol. The summed E-state index contributed by atoms with van der Waals surface area (Å²) in [5.74, 6) is 0.853. The number of carbonyl (C=O) groups excluding carboxylic acids is 1. The number of piperidine rings is 1. The lowest BCUT2D eigenvalue weighted by Crippen LogP contribution is -2.59. The van der Waals surface area contributed by atoms with Crippen molar-refractivity contribution in [1.29, 1.82) is 0 Å². The Labute approximate surface area is 222 Å². The number of nitrogens with zero attached hydrogens (tertiary/aromatic N) is 5. The van der Waals surface area contributed by atoms with E-state index in [0.717, 1.165) is 74.8 Å². The number of methoxy groups -OCH3 is 1. The minimum Gasteiger partial charge on any atom is -0.395 e. The van der Waals surface area contributed by atoms with Gasteiger partial charge in [-0.2, -0.15) is 5.10 Å². The normalized spacial score (nSPS) is 27.5. The van der Waals surface area contributed by atoms with Crippen LogP contribution in [0.1, 0.15) is 64.0 Å². The SMILES string of the molecule is COC1CN(c2n[nH]c3cc(/C(N)=C(/C=N/C4CCCCO4)NC(=O)N4CCCCC45CC5)ncc23)C1C. The van der Waals surface area contributed by atoms with Gasteiger partial charge in [-0.05, 0) is 64.4 Å². The highest BCUT2D eigenvalue weighted by atomic mass is 16.5. The Morgan fingerprint density at radius 1 is 1.32 bits per heavy atom. The third-order valence-electron chi connectivity index (χ3n) is 8.66. The molecule has 5 heterocycles. The van der Waals surface area contributed by atoms with Crippen LogP contribution < -0.4 is 16.0 Å². The van der Waals surface area contributed by atoms with Crippen LogP contribution in [0.4, 0.5) is 10.6 Å². The number of nitrogens with two attached hydrogens (primary N) is 1. The number of aromatic nitrogens is 3. The van der Waals surface area contributed by atoms with Crippen LogP contribution in [-0.2, 0) is 9.47 Å². The van der Waals surface area contributed by atoms with E-state index >= 15 is 0 Å². The van der Waals surface area contributed by atoms with Gasteiger partial charge in [0.1, 0.15) is 6.23 Å². The van der Waals surface area contributed by atoms with Gasteiger partial charge in [-0.1, -0.05) is 0 Å². The Balaban J connectivity index is 1.28. The van der Waals surface area contributed by atoms with Crippen LogP contribution in [0.2, 0.25) is 0 Å². The molecule has 1 saturated carbocycles. The third kappa shape index (κ3) is 4.62. The number of rotatable bonds is 6. The molecule has 0 aromatic carbocycles. The predicted molar refractivity (Wildman–Crippen MR) is 146 cm³/mol. The number of ether oxygens (including phenoxy) is 2. The maximum absolute atomic E-state index is 13.4. The molecule has 4 fully saturated rings. The first kappa shape index (κ1) is 25.1. The summed E-state index contributed by atoms with van der Waals surface area (Å²) in [6, 6.07) is 1.99. The van der Waals surface area contributed by atoms with Crippen LogP contribution in [0.5, 0.6) is 0 Å². The smallest absolute Gasteiger partial charge is 0.322 e. The fourth-order valence-electron chi connectivity index (χ4n) is 5.96. The molecule has 204 valence electrons. The van der Waals surface area contributed by atoms with Crippen molar-refractivity contribution in [2.75, 3.05) is 31.7 Å². The molecule has 3 atom stereocenters. The van der Waals surface area contributed by atoms with E-state index in [1.807, 2.05) is 11.0 Å². The largest absolute Gasteiger partial charge is 0.395 e. The lowest BCUT2D eigenvalue weighted by molar-refractivity contribution is 0.0227. The van der Waals surface area contributed by atoms with Crippen LogP contribution in [0.25, 0.3) is 16.6 Å². The first-order chi connectivity index (χ1) is 18.5. The fraction of sp³-hybridized carbons (Fsp3) is 0.630. The summed E-state index contributed by atoms with van der Waals surface area (Å²) in [6.45, 7) is 4.37. The maximum atomic E-state index is 13.4. The summed E-state index contributed by atoms with van der Waals surface area (Å²) in [5.41, 5.74) is 8.85. The highest BCUT2D eigenvalue weighted by Crippen LogP contribution is 2.48. The second-order valence-electron chi connectivity index (χ2n) is 11.0. The topological polar surface area (TPSA) is 134 Å². The van der Waals surface area contributed by atoms with E-state index in [0.29, 0.717) is 23.7 Å². The maximum Gasteiger partial charge on any atom is 0.322 e. The standard InChI is InChI=1S/C27H38N8O3/c1-17-22(37-2)16-34(17)25-18-14-29-20(13-19(18)32-33-25)24(28)21(15-30-23-7-3-6-12-38-23)31-26(36)35-11-5-4-8-27(35)9-10-27/h13-15,17,22-23H,3-12,16,28H2,1-2H3,(H,31,36)(H,32,33)/b24-21+,30-15+. The molecule has 2 aromatic rings. The van der Waals surface area contributed by atoms with Gasteiger partial charge in [0.25, 0.3) is 0 Å². The lowest BCUT2D eigenvalue weighted by Gasteiger charge is -2.45. The lowest BCUT2D eigenvalue weighted by atomic mass is 10.0.